The van der Waals surface area contributed by atoms with Gasteiger partial charge in [0.2, 0.25) is 10.0 Å². The number of halogens is 1. The first-order chi connectivity index (χ1) is 12.9. The van der Waals surface area contributed by atoms with Crippen LogP contribution in [-0.4, -0.2) is 48.9 Å². The number of rotatable bonds is 3. The van der Waals surface area contributed by atoms with Gasteiger partial charge >= 0.3 is 0 Å². The van der Waals surface area contributed by atoms with Crippen molar-refractivity contribution >= 4 is 33.0 Å². The van der Waals surface area contributed by atoms with Gasteiger partial charge in [-0.3, -0.25) is 0 Å². The maximum absolute atomic E-state index is 13.0. The van der Waals surface area contributed by atoms with E-state index in [0.717, 1.165) is 0 Å². The Morgan fingerprint density at radius 3 is 2.33 bits per heavy atom. The van der Waals surface area contributed by atoms with Gasteiger partial charge in [0.1, 0.15) is 11.9 Å². The fraction of sp³-hybridized carbons (Fsp3) is 0.222. The van der Waals surface area contributed by atoms with Crippen LogP contribution in [0.5, 0.6) is 0 Å². The number of sulfonamides is 1. The lowest BCUT2D eigenvalue weighted by atomic mass is 10.2. The van der Waals surface area contributed by atoms with Gasteiger partial charge in [0.05, 0.1) is 10.5 Å². The van der Waals surface area contributed by atoms with E-state index in [1.165, 1.54) is 28.6 Å². The first-order valence-corrected chi connectivity index (χ1v) is 10.1. The number of nitrogens with zero attached hydrogens (tertiary/aromatic N) is 3. The van der Waals surface area contributed by atoms with Crippen LogP contribution in [0.2, 0.25) is 0 Å². The van der Waals surface area contributed by atoms with Crippen LogP contribution in [0.1, 0.15) is 5.56 Å². The van der Waals surface area contributed by atoms with Crippen molar-refractivity contribution < 1.29 is 12.8 Å². The molecule has 0 spiro atoms. The minimum Gasteiger partial charge on any atom is -0.346 e. The first kappa shape index (κ1) is 19.2. The highest BCUT2D eigenvalue weighted by Gasteiger charge is 2.30. The molecule has 0 radical (unpaired) electrons. The second-order valence-corrected chi connectivity index (χ2v) is 8.23. The monoisotopic (exact) mass is 404 g/mol. The van der Waals surface area contributed by atoms with Gasteiger partial charge in [-0.2, -0.15) is 9.57 Å². The summed E-state index contributed by atoms with van der Waals surface area (Å²) in [7, 11) is -3.74. The summed E-state index contributed by atoms with van der Waals surface area (Å²) in [6.07, 6.45) is 0. The quantitative estimate of drug-likeness (QED) is 0.792. The molecule has 6 nitrogen and oxygen atoms in total. The summed E-state index contributed by atoms with van der Waals surface area (Å²) in [5, 5.41) is 12.6. The molecule has 2 aromatic carbocycles. The van der Waals surface area contributed by atoms with Crippen LogP contribution in [0.3, 0.4) is 0 Å². The molecule has 27 heavy (non-hydrogen) atoms. The molecule has 1 N–H and O–H groups in total. The predicted molar refractivity (Wildman–Crippen MR) is 104 cm³/mol. The van der Waals surface area contributed by atoms with Crippen LogP contribution >= 0.6 is 12.2 Å². The Labute approximate surface area is 162 Å². The van der Waals surface area contributed by atoms with Gasteiger partial charge in [0.25, 0.3) is 0 Å². The molecule has 140 valence electrons. The summed E-state index contributed by atoms with van der Waals surface area (Å²) in [6, 6.07) is 13.9. The molecule has 0 aromatic heterocycles. The molecule has 0 atom stereocenters. The molecular formula is C18H17FN4O2S2. The van der Waals surface area contributed by atoms with Gasteiger partial charge in [-0.1, -0.05) is 12.1 Å². The number of hydrogen-bond acceptors (Lipinski definition) is 4. The van der Waals surface area contributed by atoms with E-state index in [1.807, 2.05) is 11.0 Å². The third-order valence-electron chi connectivity index (χ3n) is 4.25. The summed E-state index contributed by atoms with van der Waals surface area (Å²) < 4.78 is 40.0. The van der Waals surface area contributed by atoms with Crippen molar-refractivity contribution in [2.24, 2.45) is 0 Å². The summed E-state index contributed by atoms with van der Waals surface area (Å²) in [4.78, 5) is 1.88. The van der Waals surface area contributed by atoms with Gasteiger partial charge in [0.15, 0.2) is 5.11 Å². The van der Waals surface area contributed by atoms with Gasteiger partial charge in [0, 0.05) is 31.9 Å². The van der Waals surface area contributed by atoms with Gasteiger partial charge in [-0.15, -0.1) is 0 Å². The van der Waals surface area contributed by atoms with Crippen molar-refractivity contribution in [1.29, 1.82) is 5.26 Å². The number of piperazine rings is 1. The largest absolute Gasteiger partial charge is 0.346 e. The molecule has 2 aromatic rings. The van der Waals surface area contributed by atoms with Crippen molar-refractivity contribution in [2.45, 2.75) is 4.90 Å². The highest BCUT2D eigenvalue weighted by atomic mass is 32.2. The molecular weight excluding hydrogens is 387 g/mol. The average molecular weight is 404 g/mol. The van der Waals surface area contributed by atoms with E-state index >= 15 is 0 Å². The van der Waals surface area contributed by atoms with Crippen LogP contribution in [0.4, 0.5) is 10.1 Å². The van der Waals surface area contributed by atoms with Gasteiger partial charge in [-0.05, 0) is 48.6 Å². The molecule has 1 heterocycles. The highest BCUT2D eigenvalue weighted by molar-refractivity contribution is 7.89. The molecule has 1 aliphatic heterocycles. The Balaban J connectivity index is 1.65. The minimum atomic E-state index is -3.74. The van der Waals surface area contributed by atoms with E-state index in [1.54, 1.807) is 24.3 Å². The van der Waals surface area contributed by atoms with Crippen LogP contribution in [0.15, 0.2) is 53.4 Å². The van der Waals surface area contributed by atoms with Crippen LogP contribution in [0, 0.1) is 17.1 Å². The fourth-order valence-electron chi connectivity index (χ4n) is 2.79. The van der Waals surface area contributed by atoms with E-state index in [0.29, 0.717) is 23.9 Å². The SMILES string of the molecule is N#Cc1ccccc1S(=O)(=O)N1CCN(C(=S)Nc2ccc(F)cc2)CC1. The van der Waals surface area contributed by atoms with E-state index in [-0.39, 0.29) is 29.4 Å². The second-order valence-electron chi connectivity index (χ2n) is 5.94. The lowest BCUT2D eigenvalue weighted by molar-refractivity contribution is 0.268. The molecule has 0 saturated carbocycles. The van der Waals surface area contributed by atoms with Crippen molar-refractivity contribution in [1.82, 2.24) is 9.21 Å². The Morgan fingerprint density at radius 1 is 1.07 bits per heavy atom. The van der Waals surface area contributed by atoms with Gasteiger partial charge in [-0.25, -0.2) is 12.8 Å². The molecule has 9 heteroatoms. The normalized spacial score (nSPS) is 15.2. The summed E-state index contributed by atoms with van der Waals surface area (Å²) in [5.41, 5.74) is 0.799. The molecule has 1 saturated heterocycles. The molecule has 3 rings (SSSR count). The molecule has 1 fully saturated rings. The first-order valence-electron chi connectivity index (χ1n) is 8.22. The number of benzene rings is 2. The van der Waals surface area contributed by atoms with E-state index in [4.69, 9.17) is 17.5 Å². The molecule has 0 amide bonds. The Hall–Kier alpha value is -2.54. The zero-order valence-corrected chi connectivity index (χ0v) is 15.9. The minimum absolute atomic E-state index is 0.0213. The maximum Gasteiger partial charge on any atom is 0.244 e. The fourth-order valence-corrected chi connectivity index (χ4v) is 4.66. The Bertz CT molecular complexity index is 979. The summed E-state index contributed by atoms with van der Waals surface area (Å²) in [5.74, 6) is -0.331. The smallest absolute Gasteiger partial charge is 0.244 e. The van der Waals surface area contributed by atoms with Gasteiger partial charge < -0.3 is 10.2 Å². The molecule has 1 aliphatic rings. The van der Waals surface area contributed by atoms with Crippen molar-refractivity contribution in [3.05, 3.63) is 59.9 Å². The van der Waals surface area contributed by atoms with E-state index < -0.39 is 10.0 Å². The van der Waals surface area contributed by atoms with E-state index in [9.17, 15) is 12.8 Å². The van der Waals surface area contributed by atoms with Crippen LogP contribution in [0.25, 0.3) is 0 Å². The van der Waals surface area contributed by atoms with Crippen LogP contribution in [-0.2, 0) is 10.0 Å². The molecule has 0 unspecified atom stereocenters. The number of nitrogens with one attached hydrogen (secondary N) is 1. The van der Waals surface area contributed by atoms with Crippen LogP contribution < -0.4 is 5.32 Å². The highest BCUT2D eigenvalue weighted by Crippen LogP contribution is 2.21. The summed E-state index contributed by atoms with van der Waals surface area (Å²) in [6.45, 7) is 1.35. The zero-order valence-electron chi connectivity index (χ0n) is 14.3. The van der Waals surface area contributed by atoms with Crippen molar-refractivity contribution in [3.8, 4) is 6.07 Å². The predicted octanol–water partition coefficient (Wildman–Crippen LogP) is 2.40. The second kappa shape index (κ2) is 8.00. The average Bonchev–Trinajstić information content (AvgIpc) is 2.69. The topological polar surface area (TPSA) is 76.4 Å². The number of hydrogen-bond donors (Lipinski definition) is 1. The third-order valence-corrected chi connectivity index (χ3v) is 6.56. The zero-order chi connectivity index (χ0) is 19.4. The number of nitriles is 1. The van der Waals surface area contributed by atoms with E-state index in [2.05, 4.69) is 5.32 Å². The Kier molecular flexibility index (Phi) is 5.70. The Morgan fingerprint density at radius 2 is 1.70 bits per heavy atom. The van der Waals surface area contributed by atoms with Crippen molar-refractivity contribution in [2.75, 3.05) is 31.5 Å². The lowest BCUT2D eigenvalue weighted by Crippen LogP contribution is -2.51. The number of anilines is 1. The van der Waals surface area contributed by atoms with Crippen molar-refractivity contribution in [3.63, 3.8) is 0 Å². The number of thiocarbonyl (C=S) groups is 1. The molecule has 0 bridgehead atoms. The summed E-state index contributed by atoms with van der Waals surface area (Å²) >= 11 is 5.36. The molecule has 0 aliphatic carbocycles. The third kappa shape index (κ3) is 4.24. The standard InChI is InChI=1S/C18H17FN4O2S2/c19-15-5-7-16(8-6-15)21-18(26)22-9-11-23(12-10-22)27(24,25)17-4-2-1-3-14(17)13-20/h1-8H,9-12H2,(H,21,26). The maximum atomic E-state index is 13.0. The lowest BCUT2D eigenvalue weighted by Gasteiger charge is -2.35.